The largest absolute Gasteiger partial charge is 0.441 e. The molecule has 0 saturated carbocycles. The van der Waals surface area contributed by atoms with Crippen molar-refractivity contribution in [3.05, 3.63) is 53.9 Å². The van der Waals surface area contributed by atoms with Gasteiger partial charge in [-0.15, -0.1) is 0 Å². The molecular formula is C14H11N3O2. The second kappa shape index (κ2) is 4.61. The SMILES string of the molecule is Cc1nc2cc(C(=O)Cc3ncccn3)ccc2o1. The Labute approximate surface area is 109 Å². The Bertz CT molecular complexity index is 735. The number of rotatable bonds is 3. The summed E-state index contributed by atoms with van der Waals surface area (Å²) in [7, 11) is 0. The average molecular weight is 253 g/mol. The molecule has 3 rings (SSSR count). The van der Waals surface area contributed by atoms with E-state index in [4.69, 9.17) is 4.42 Å². The summed E-state index contributed by atoms with van der Waals surface area (Å²) in [6, 6.07) is 6.95. The summed E-state index contributed by atoms with van der Waals surface area (Å²) in [6.07, 6.45) is 3.43. The van der Waals surface area contributed by atoms with Crippen LogP contribution in [0.25, 0.3) is 11.1 Å². The van der Waals surface area contributed by atoms with Gasteiger partial charge in [0.1, 0.15) is 11.3 Å². The molecule has 0 N–H and O–H groups in total. The van der Waals surface area contributed by atoms with Crippen molar-refractivity contribution in [1.29, 1.82) is 0 Å². The summed E-state index contributed by atoms with van der Waals surface area (Å²) in [5.74, 6) is 1.07. The highest BCUT2D eigenvalue weighted by Gasteiger charge is 2.11. The minimum atomic E-state index is -0.0336. The molecule has 1 aromatic carbocycles. The van der Waals surface area contributed by atoms with Gasteiger partial charge in [0.2, 0.25) is 0 Å². The van der Waals surface area contributed by atoms with E-state index >= 15 is 0 Å². The van der Waals surface area contributed by atoms with Gasteiger partial charge >= 0.3 is 0 Å². The van der Waals surface area contributed by atoms with Crippen molar-refractivity contribution < 1.29 is 9.21 Å². The molecule has 0 unspecified atom stereocenters. The van der Waals surface area contributed by atoms with Crippen LogP contribution in [-0.2, 0) is 6.42 Å². The minimum absolute atomic E-state index is 0.0336. The molecule has 0 spiro atoms. The zero-order chi connectivity index (χ0) is 13.2. The van der Waals surface area contributed by atoms with Crippen LogP contribution in [0.15, 0.2) is 41.1 Å². The highest BCUT2D eigenvalue weighted by atomic mass is 16.3. The van der Waals surface area contributed by atoms with Crippen LogP contribution in [0.1, 0.15) is 22.1 Å². The fourth-order valence-corrected chi connectivity index (χ4v) is 1.88. The molecule has 0 atom stereocenters. The van der Waals surface area contributed by atoms with Crippen LogP contribution in [0.3, 0.4) is 0 Å². The highest BCUT2D eigenvalue weighted by molar-refractivity contribution is 5.99. The van der Waals surface area contributed by atoms with Gasteiger partial charge in [-0.2, -0.15) is 0 Å². The van der Waals surface area contributed by atoms with Crippen LogP contribution in [0, 0.1) is 6.92 Å². The first kappa shape index (κ1) is 11.5. The number of oxazole rings is 1. The average Bonchev–Trinajstić information content (AvgIpc) is 2.78. The Morgan fingerprint density at radius 2 is 2.05 bits per heavy atom. The number of hydrogen-bond donors (Lipinski definition) is 0. The maximum atomic E-state index is 12.1. The van der Waals surface area contributed by atoms with Gasteiger partial charge in [0.15, 0.2) is 17.3 Å². The van der Waals surface area contributed by atoms with Crippen molar-refractivity contribution in [2.24, 2.45) is 0 Å². The number of aryl methyl sites for hydroxylation is 1. The number of Topliss-reactive ketones (excluding diaryl/α,β-unsaturated/α-hetero) is 1. The Balaban J connectivity index is 1.89. The van der Waals surface area contributed by atoms with E-state index in [-0.39, 0.29) is 12.2 Å². The van der Waals surface area contributed by atoms with Gasteiger partial charge < -0.3 is 4.42 Å². The highest BCUT2D eigenvalue weighted by Crippen LogP contribution is 2.17. The summed E-state index contributed by atoms with van der Waals surface area (Å²) in [6.45, 7) is 1.78. The fourth-order valence-electron chi connectivity index (χ4n) is 1.88. The molecule has 2 aromatic heterocycles. The van der Waals surface area contributed by atoms with Gasteiger partial charge in [-0.3, -0.25) is 4.79 Å². The number of aromatic nitrogens is 3. The number of benzene rings is 1. The topological polar surface area (TPSA) is 68.9 Å². The fraction of sp³-hybridized carbons (Fsp3) is 0.143. The lowest BCUT2D eigenvalue weighted by atomic mass is 10.1. The molecule has 19 heavy (non-hydrogen) atoms. The van der Waals surface area contributed by atoms with Gasteiger partial charge in [0.05, 0.1) is 6.42 Å². The van der Waals surface area contributed by atoms with E-state index in [1.54, 1.807) is 43.6 Å². The summed E-state index contributed by atoms with van der Waals surface area (Å²) < 4.78 is 5.37. The first-order valence-corrected chi connectivity index (χ1v) is 5.89. The molecular weight excluding hydrogens is 242 g/mol. The zero-order valence-electron chi connectivity index (χ0n) is 10.3. The van der Waals surface area contributed by atoms with E-state index in [9.17, 15) is 4.79 Å². The van der Waals surface area contributed by atoms with E-state index in [1.807, 2.05) is 0 Å². The van der Waals surface area contributed by atoms with Crippen molar-refractivity contribution in [3.63, 3.8) is 0 Å². The molecule has 3 aromatic rings. The molecule has 94 valence electrons. The second-order valence-electron chi connectivity index (χ2n) is 4.18. The van der Waals surface area contributed by atoms with E-state index < -0.39 is 0 Å². The van der Waals surface area contributed by atoms with Gasteiger partial charge in [0.25, 0.3) is 0 Å². The quantitative estimate of drug-likeness (QED) is 0.670. The Hall–Kier alpha value is -2.56. The molecule has 2 heterocycles. The number of ketones is 1. The number of carbonyl (C=O) groups excluding carboxylic acids is 1. The number of hydrogen-bond acceptors (Lipinski definition) is 5. The monoisotopic (exact) mass is 253 g/mol. The normalized spacial score (nSPS) is 10.8. The third kappa shape index (κ3) is 2.35. The number of nitrogens with zero attached hydrogens (tertiary/aromatic N) is 3. The zero-order valence-corrected chi connectivity index (χ0v) is 10.3. The molecule has 0 aliphatic heterocycles. The van der Waals surface area contributed by atoms with Crippen molar-refractivity contribution in [2.75, 3.05) is 0 Å². The van der Waals surface area contributed by atoms with E-state index in [2.05, 4.69) is 15.0 Å². The van der Waals surface area contributed by atoms with Crippen LogP contribution >= 0.6 is 0 Å². The molecule has 0 saturated heterocycles. The standard InChI is InChI=1S/C14H11N3O2/c1-9-17-11-7-10(3-4-13(11)19-9)12(18)8-14-15-5-2-6-16-14/h2-7H,8H2,1H3. The van der Waals surface area contributed by atoms with Gasteiger partial charge in [-0.25, -0.2) is 15.0 Å². The predicted molar refractivity (Wildman–Crippen MR) is 68.8 cm³/mol. The molecule has 0 fully saturated rings. The van der Waals surface area contributed by atoms with Crippen molar-refractivity contribution in [2.45, 2.75) is 13.3 Å². The van der Waals surface area contributed by atoms with Crippen molar-refractivity contribution >= 4 is 16.9 Å². The van der Waals surface area contributed by atoms with E-state index in [1.165, 1.54) is 0 Å². The Morgan fingerprint density at radius 3 is 2.84 bits per heavy atom. The predicted octanol–water partition coefficient (Wildman–Crippen LogP) is 2.35. The van der Waals surface area contributed by atoms with Crippen molar-refractivity contribution in [3.8, 4) is 0 Å². The molecule has 0 bridgehead atoms. The minimum Gasteiger partial charge on any atom is -0.441 e. The molecule has 0 radical (unpaired) electrons. The molecule has 0 amide bonds. The van der Waals surface area contributed by atoms with Crippen LogP contribution < -0.4 is 0 Å². The van der Waals surface area contributed by atoms with Crippen LogP contribution in [0.5, 0.6) is 0 Å². The third-order valence-electron chi connectivity index (χ3n) is 2.75. The summed E-state index contributed by atoms with van der Waals surface area (Å²) in [5.41, 5.74) is 1.97. The first-order valence-electron chi connectivity index (χ1n) is 5.89. The summed E-state index contributed by atoms with van der Waals surface area (Å²) >= 11 is 0. The molecule has 0 aliphatic rings. The van der Waals surface area contributed by atoms with E-state index in [0.717, 1.165) is 0 Å². The van der Waals surface area contributed by atoms with Gasteiger partial charge in [-0.1, -0.05) is 0 Å². The molecule has 5 heteroatoms. The maximum absolute atomic E-state index is 12.1. The van der Waals surface area contributed by atoms with Gasteiger partial charge in [-0.05, 0) is 24.3 Å². The van der Waals surface area contributed by atoms with Crippen LogP contribution in [-0.4, -0.2) is 20.7 Å². The second-order valence-corrected chi connectivity index (χ2v) is 4.18. The lowest BCUT2D eigenvalue weighted by Gasteiger charge is -1.99. The van der Waals surface area contributed by atoms with Gasteiger partial charge in [0, 0.05) is 24.9 Å². The third-order valence-corrected chi connectivity index (χ3v) is 2.75. The van der Waals surface area contributed by atoms with E-state index in [0.29, 0.717) is 28.4 Å². The lowest BCUT2D eigenvalue weighted by molar-refractivity contribution is 0.0991. The molecule has 5 nitrogen and oxygen atoms in total. The Morgan fingerprint density at radius 1 is 1.26 bits per heavy atom. The molecule has 0 aliphatic carbocycles. The lowest BCUT2D eigenvalue weighted by Crippen LogP contribution is -2.06. The van der Waals surface area contributed by atoms with Crippen LogP contribution in [0.4, 0.5) is 0 Å². The first-order chi connectivity index (χ1) is 9.22. The summed E-state index contributed by atoms with van der Waals surface area (Å²) in [5, 5.41) is 0. The maximum Gasteiger partial charge on any atom is 0.192 e. The van der Waals surface area contributed by atoms with Crippen LogP contribution in [0.2, 0.25) is 0 Å². The summed E-state index contributed by atoms with van der Waals surface area (Å²) in [4.78, 5) is 24.4. The Kier molecular flexibility index (Phi) is 2.79. The smallest absolute Gasteiger partial charge is 0.192 e. The number of fused-ring (bicyclic) bond motifs is 1. The number of carbonyl (C=O) groups is 1. The van der Waals surface area contributed by atoms with Crippen molar-refractivity contribution in [1.82, 2.24) is 15.0 Å².